The molecule has 110 heavy (non-hydrogen) atoms. The first-order valence-electron chi connectivity index (χ1n) is 38.5. The molecule has 4 saturated carbocycles. The Morgan fingerprint density at radius 3 is 1.06 bits per heavy atom. The molecule has 634 valence electrons. The fraction of sp³-hybridized carbons (Fsp3) is 0.971. The maximum Gasteiger partial charge on any atom is 0.236 e. The van der Waals surface area contributed by atoms with Crippen LogP contribution in [0.3, 0.4) is 0 Å². The lowest BCUT2D eigenvalue weighted by molar-refractivity contribution is -0.396. The number of rotatable bonds is 19. The molecule has 42 heteroatoms. The molecule has 18 rings (SSSR count). The molecule has 26 N–H and O–H groups in total. The maximum absolute atomic E-state index is 13.0. The van der Waals surface area contributed by atoms with Crippen LogP contribution in [0, 0.1) is 23.2 Å². The summed E-state index contributed by atoms with van der Waals surface area (Å²) in [6.07, 6.45) is -60.9. The van der Waals surface area contributed by atoms with Crippen molar-refractivity contribution in [2.24, 2.45) is 45.4 Å². The number of aliphatic hydroxyl groups excluding tert-OH is 19. The van der Waals surface area contributed by atoms with Gasteiger partial charge in [-0.05, 0) is 113 Å². The van der Waals surface area contributed by atoms with Gasteiger partial charge < -0.3 is 195 Å². The maximum atomic E-state index is 13.0. The number of aliphatic hydroxyl groups is 19. The van der Waals surface area contributed by atoms with Gasteiger partial charge in [-0.15, -0.1) is 0 Å². The first kappa shape index (κ1) is 86.6. The number of nitrogens with two attached hydrogens (primary N) is 3. The molecule has 0 radical (unpaired) electrons. The van der Waals surface area contributed by atoms with Crippen molar-refractivity contribution >= 4 is 11.9 Å². The van der Waals surface area contributed by atoms with Gasteiger partial charge in [0.2, 0.25) is 5.91 Å². The largest absolute Gasteiger partial charge is 0.394 e. The van der Waals surface area contributed by atoms with Crippen LogP contribution in [0.15, 0.2) is 4.99 Å². The fourth-order valence-corrected chi connectivity index (χ4v) is 18.5. The molecule has 4 aliphatic carbocycles. The molecule has 14 saturated heterocycles. The van der Waals surface area contributed by atoms with Crippen molar-refractivity contribution in [2.45, 2.75) is 292 Å². The van der Waals surface area contributed by atoms with Gasteiger partial charge in [-0.1, -0.05) is 0 Å². The Morgan fingerprint density at radius 2 is 0.736 bits per heavy atom. The number of carbonyl (C=O) groups excluding carboxylic acids is 1. The molecule has 18 aliphatic rings. The number of hydrogen-bond donors (Lipinski definition) is 23. The highest BCUT2D eigenvalue weighted by molar-refractivity contribution is 5.81. The van der Waals surface area contributed by atoms with Crippen LogP contribution in [0.4, 0.5) is 0 Å². The van der Waals surface area contributed by atoms with E-state index in [0.29, 0.717) is 50.0 Å². The van der Waals surface area contributed by atoms with E-state index in [4.69, 9.17) is 88.3 Å². The van der Waals surface area contributed by atoms with Crippen LogP contribution in [-0.4, -0.2) is 438 Å². The normalized spacial score (nSPS) is 48.9. The lowest BCUT2D eigenvalue weighted by Gasteiger charge is -2.57. The van der Waals surface area contributed by atoms with Gasteiger partial charge in [-0.3, -0.25) is 14.7 Å². The molecule has 18 bridgehead atoms. The zero-order valence-corrected chi connectivity index (χ0v) is 61.0. The van der Waals surface area contributed by atoms with E-state index < -0.39 is 260 Å². The molecule has 0 aromatic carbocycles. The number of ether oxygens (including phenoxy) is 15. The summed E-state index contributed by atoms with van der Waals surface area (Å²) in [6, 6.07) is -0.896. The fourth-order valence-electron chi connectivity index (χ4n) is 18.5. The van der Waals surface area contributed by atoms with Gasteiger partial charge in [0.1, 0.15) is 171 Å². The number of nitrogens with zero attached hydrogens (tertiary/aromatic N) is 3. The third kappa shape index (κ3) is 19.3. The zero-order valence-electron chi connectivity index (χ0n) is 61.0. The number of carbonyl (C=O) groups is 1. The molecule has 1 amide bonds. The van der Waals surface area contributed by atoms with Crippen LogP contribution in [-0.2, 0) is 75.8 Å². The van der Waals surface area contributed by atoms with Gasteiger partial charge >= 0.3 is 0 Å². The topological polar surface area (TPSA) is 649 Å². The van der Waals surface area contributed by atoms with E-state index in [1.165, 1.54) is 0 Å². The summed E-state index contributed by atoms with van der Waals surface area (Å²) in [6.45, 7) is -4.58. The summed E-state index contributed by atoms with van der Waals surface area (Å²) in [5.74, 6) is 1.08. The first-order chi connectivity index (χ1) is 52.6. The molecule has 42 nitrogen and oxygen atoms in total. The van der Waals surface area contributed by atoms with E-state index in [2.05, 4.69) is 15.2 Å². The Hall–Kier alpha value is -2.74. The molecule has 0 aromatic heterocycles. The summed E-state index contributed by atoms with van der Waals surface area (Å²) in [7, 11) is 0. The minimum Gasteiger partial charge on any atom is -0.394 e. The third-order valence-electron chi connectivity index (χ3n) is 24.0. The van der Waals surface area contributed by atoms with Crippen molar-refractivity contribution in [1.82, 2.24) is 15.1 Å². The van der Waals surface area contributed by atoms with Crippen molar-refractivity contribution in [1.29, 1.82) is 0 Å². The van der Waals surface area contributed by atoms with Crippen molar-refractivity contribution in [2.75, 3.05) is 98.6 Å². The quantitative estimate of drug-likeness (QED) is 0.0324. The minimum atomic E-state index is -2.22. The van der Waals surface area contributed by atoms with Crippen molar-refractivity contribution in [3.05, 3.63) is 0 Å². The summed E-state index contributed by atoms with van der Waals surface area (Å²) < 4.78 is 92.5. The van der Waals surface area contributed by atoms with E-state index in [-0.39, 0.29) is 76.8 Å². The molecule has 0 spiro atoms. The van der Waals surface area contributed by atoms with Gasteiger partial charge in [0.25, 0.3) is 0 Å². The first-order valence-corrected chi connectivity index (χ1v) is 38.5. The molecule has 0 aromatic rings. The predicted molar refractivity (Wildman–Crippen MR) is 363 cm³/mol. The van der Waals surface area contributed by atoms with E-state index in [9.17, 15) is 102 Å². The van der Waals surface area contributed by atoms with E-state index in [0.717, 1.165) is 38.5 Å². The zero-order chi connectivity index (χ0) is 78.7. The molecule has 36 atom stereocenters. The number of amides is 1. The number of nitrogens with one attached hydrogen (secondary N) is 1. The van der Waals surface area contributed by atoms with Gasteiger partial charge in [0.05, 0.1) is 52.3 Å². The van der Waals surface area contributed by atoms with Crippen LogP contribution in [0.5, 0.6) is 0 Å². The smallest absolute Gasteiger partial charge is 0.236 e. The lowest BCUT2D eigenvalue weighted by Crippen LogP contribution is -2.68. The standard InChI is InChI=1S/C68H117N7O35/c69-30(4-3-6-73-67(70)71)59(95)72-7-12-96-13-11-75-9-2-1-8-74(10-5-68-17-27-14-28(18-68)16-29(15-27)19-68)20-31-52-38(81)45(88)60(97-31)106-54-33(22-76)101-64(49(92)42(54)85)108-57-36(25-79)100-63(48(91)41(57)84)105-53-32(21-75)98-61(46(89)39(53)82)107-55-34(23-77)102-65(50(93)43(55)86)110-58-37(26-80)103-66(51(94)44(58)87)109-56-35(24-78)99-62(104-52)47(90)40(56)83/h27-58,60-66,76-94H,1-26,69H2,(H,72,95)(H4,70,71,73)/t27?,28?,29?,30-,31+,32+,33+,34+,35+,36+,37+,38?,39?,40?,41?,42?,43?,44?,45?,46?,47?,48?,49?,50?,51?,52+,53+,54+,55+,56+,57+,58+,60+,61+,62+,63+,64+,65+,66+,68?/m0/s1. The average molecular weight is 1590 g/mol. The van der Waals surface area contributed by atoms with Crippen molar-refractivity contribution in [3.8, 4) is 0 Å². The lowest BCUT2D eigenvalue weighted by atomic mass is 9.49. The van der Waals surface area contributed by atoms with Crippen LogP contribution >= 0.6 is 0 Å². The number of hydrogen-bond acceptors (Lipinski definition) is 39. The predicted octanol–water partition coefficient (Wildman–Crippen LogP) is -12.7. The number of guanidine groups is 1. The molecular weight excluding hydrogens is 1470 g/mol. The summed E-state index contributed by atoms with van der Waals surface area (Å²) in [4.78, 5) is 20.8. The van der Waals surface area contributed by atoms with Crippen LogP contribution < -0.4 is 22.5 Å². The number of fused-ring (bicyclic) bond motifs is 5. The van der Waals surface area contributed by atoms with E-state index >= 15 is 0 Å². The highest BCUT2D eigenvalue weighted by atomic mass is 16.8. The van der Waals surface area contributed by atoms with E-state index in [1.54, 1.807) is 0 Å². The summed E-state index contributed by atoms with van der Waals surface area (Å²) in [5.41, 5.74) is 17.0. The molecular formula is C68H117N7O35. The molecule has 14 aliphatic heterocycles. The van der Waals surface area contributed by atoms with Gasteiger partial charge in [-0.2, -0.15) is 0 Å². The van der Waals surface area contributed by atoms with Gasteiger partial charge in [0, 0.05) is 32.7 Å². The van der Waals surface area contributed by atoms with Crippen LogP contribution in [0.2, 0.25) is 0 Å². The Morgan fingerprint density at radius 1 is 0.427 bits per heavy atom. The monoisotopic (exact) mass is 1590 g/mol. The number of aliphatic imine (C=N–C) groups is 1. The Labute approximate surface area is 633 Å². The molecule has 14 unspecified atom stereocenters. The van der Waals surface area contributed by atoms with Crippen molar-refractivity contribution < 1.29 is 173 Å². The van der Waals surface area contributed by atoms with Crippen molar-refractivity contribution in [3.63, 3.8) is 0 Å². The second-order valence-electron chi connectivity index (χ2n) is 31.7. The Balaban J connectivity index is 0.921. The van der Waals surface area contributed by atoms with Crippen LogP contribution in [0.25, 0.3) is 0 Å². The summed E-state index contributed by atoms with van der Waals surface area (Å²) >= 11 is 0. The average Bonchev–Trinajstić information content (AvgIpc) is 0.750. The molecule has 14 heterocycles. The van der Waals surface area contributed by atoms with E-state index in [1.807, 2.05) is 4.90 Å². The van der Waals surface area contributed by atoms with Gasteiger partial charge in [-0.25, -0.2) is 0 Å². The Bertz CT molecular complexity index is 2860. The second-order valence-corrected chi connectivity index (χ2v) is 31.7. The van der Waals surface area contributed by atoms with Crippen LogP contribution in [0.1, 0.15) is 70.6 Å². The highest BCUT2D eigenvalue weighted by Crippen LogP contribution is 2.61. The summed E-state index contributed by atoms with van der Waals surface area (Å²) in [5, 5.41) is 226. The minimum absolute atomic E-state index is 0.0195. The third-order valence-corrected chi connectivity index (χ3v) is 24.0. The molecule has 18 fully saturated rings. The Kier molecular flexibility index (Phi) is 30.2. The second kappa shape index (κ2) is 38.3. The SMILES string of the molecule is NC(N)=NCCC[C@H](N)C(=O)NCCOCCN1CCCCN(CCC23CC4CC(CC(C4)C2)C3)C[C@H]2O[C@@H]3O[C@H]4C(O)C(O)[C@H](O[C@@H]4CO)O[C@H]4C(O)C(O)[C@H](O[C@@H]4CO)O[C@H]4C(O)C(O)[C@H](O[C@@H]4C1)O[C@H]1C(O)C(O)[C@H](O[C@@H]1CO)O[C@H]1C(O)C(O)[C@H](O[C@@H]1CO)O[C@H]1C(O)C(O)[C@H](O[C@@H]1CO)O[C@H]2C(O)C3O. The highest BCUT2D eigenvalue weighted by Gasteiger charge is 2.61. The van der Waals surface area contributed by atoms with Gasteiger partial charge in [0.15, 0.2) is 50.0 Å².